The zero-order chi connectivity index (χ0) is 12.7. The van der Waals surface area contributed by atoms with Gasteiger partial charge < -0.3 is 10.1 Å². The molecule has 0 aliphatic heterocycles. The Morgan fingerprint density at radius 2 is 2.12 bits per heavy atom. The summed E-state index contributed by atoms with van der Waals surface area (Å²) in [6.45, 7) is 1.04. The molecule has 1 N–H and O–H groups in total. The van der Waals surface area contributed by atoms with Crippen LogP contribution >= 0.6 is 11.6 Å². The maximum absolute atomic E-state index is 12.3. The molecule has 0 amide bonds. The number of nitrogens with zero attached hydrogens (tertiary/aromatic N) is 2. The summed E-state index contributed by atoms with van der Waals surface area (Å²) in [5.41, 5.74) is -0.975. The van der Waals surface area contributed by atoms with Crippen molar-refractivity contribution in [2.75, 3.05) is 31.0 Å². The Labute approximate surface area is 101 Å². The smallest absolute Gasteiger partial charge is 0.378 e. The fourth-order valence-electron chi connectivity index (χ4n) is 0.993. The lowest BCUT2D eigenvalue weighted by molar-refractivity contribution is -0.141. The van der Waals surface area contributed by atoms with Gasteiger partial charge in [0.25, 0.3) is 0 Å². The van der Waals surface area contributed by atoms with E-state index in [0.717, 1.165) is 12.3 Å². The van der Waals surface area contributed by atoms with Gasteiger partial charge in [-0.05, 0) is 6.07 Å². The Kier molecular flexibility index (Phi) is 5.43. The third-order valence-electron chi connectivity index (χ3n) is 1.70. The normalized spacial score (nSPS) is 11.5. The zero-order valence-corrected chi connectivity index (χ0v) is 9.55. The molecule has 0 fully saturated rings. The van der Waals surface area contributed by atoms with E-state index in [2.05, 4.69) is 15.3 Å². The van der Waals surface area contributed by atoms with Gasteiger partial charge in [-0.3, -0.25) is 0 Å². The van der Waals surface area contributed by atoms with E-state index in [9.17, 15) is 13.2 Å². The number of halogens is 4. The van der Waals surface area contributed by atoms with E-state index in [1.54, 1.807) is 0 Å². The fraction of sp³-hybridized carbons (Fsp3) is 0.556. The van der Waals surface area contributed by atoms with Crippen LogP contribution in [-0.4, -0.2) is 35.6 Å². The Bertz CT molecular complexity index is 349. The molecular formula is C9H11ClF3N3O. The van der Waals surface area contributed by atoms with Crippen molar-refractivity contribution in [2.24, 2.45) is 0 Å². The average Bonchev–Trinajstić information content (AvgIpc) is 2.28. The van der Waals surface area contributed by atoms with Crippen LogP contribution in [0.25, 0.3) is 0 Å². The highest BCUT2D eigenvalue weighted by molar-refractivity contribution is 6.17. The first-order chi connectivity index (χ1) is 8.04. The van der Waals surface area contributed by atoms with Gasteiger partial charge in [-0.15, -0.1) is 11.6 Å². The lowest BCUT2D eigenvalue weighted by atomic mass is 10.4. The fourth-order valence-corrected chi connectivity index (χ4v) is 1.10. The molecule has 0 saturated heterocycles. The molecule has 96 valence electrons. The van der Waals surface area contributed by atoms with E-state index >= 15 is 0 Å². The topological polar surface area (TPSA) is 47.0 Å². The molecule has 1 rings (SSSR count). The molecule has 0 atom stereocenters. The molecule has 8 heteroatoms. The number of nitrogens with one attached hydrogen (secondary N) is 1. The Hall–Kier alpha value is -1.08. The van der Waals surface area contributed by atoms with Crippen molar-refractivity contribution in [1.29, 1.82) is 0 Å². The van der Waals surface area contributed by atoms with E-state index in [0.29, 0.717) is 25.6 Å². The third kappa shape index (κ3) is 5.18. The summed E-state index contributed by atoms with van der Waals surface area (Å²) in [7, 11) is 0. The SMILES string of the molecule is FC(F)(F)c1ccnc(NCCOCCCl)n1. The zero-order valence-electron chi connectivity index (χ0n) is 8.80. The molecule has 0 aromatic carbocycles. The van der Waals surface area contributed by atoms with Gasteiger partial charge in [0, 0.05) is 18.6 Å². The molecule has 1 aromatic rings. The molecule has 0 spiro atoms. The number of rotatable bonds is 6. The first-order valence-corrected chi connectivity index (χ1v) is 5.35. The lowest BCUT2D eigenvalue weighted by Gasteiger charge is -2.08. The summed E-state index contributed by atoms with van der Waals surface area (Å²) in [5, 5.41) is 2.63. The van der Waals surface area contributed by atoms with Gasteiger partial charge in [0.2, 0.25) is 5.95 Å². The Morgan fingerprint density at radius 3 is 2.76 bits per heavy atom. The van der Waals surface area contributed by atoms with Crippen molar-refractivity contribution >= 4 is 17.5 Å². The van der Waals surface area contributed by atoms with Crippen LogP contribution in [0.5, 0.6) is 0 Å². The van der Waals surface area contributed by atoms with Crippen molar-refractivity contribution < 1.29 is 17.9 Å². The first-order valence-electron chi connectivity index (χ1n) is 4.82. The molecule has 1 heterocycles. The van der Waals surface area contributed by atoms with Crippen LogP contribution in [0.1, 0.15) is 5.69 Å². The maximum Gasteiger partial charge on any atom is 0.433 e. The highest BCUT2D eigenvalue weighted by Crippen LogP contribution is 2.27. The second-order valence-electron chi connectivity index (χ2n) is 2.99. The molecular weight excluding hydrogens is 259 g/mol. The van der Waals surface area contributed by atoms with Gasteiger partial charge in [0.1, 0.15) is 5.69 Å². The van der Waals surface area contributed by atoms with Gasteiger partial charge in [0.15, 0.2) is 0 Å². The molecule has 4 nitrogen and oxygen atoms in total. The van der Waals surface area contributed by atoms with Crippen LogP contribution in [0.4, 0.5) is 19.1 Å². The number of ether oxygens (including phenoxy) is 1. The average molecular weight is 270 g/mol. The second-order valence-corrected chi connectivity index (χ2v) is 3.37. The van der Waals surface area contributed by atoms with Gasteiger partial charge in [-0.2, -0.15) is 13.2 Å². The molecule has 0 saturated carbocycles. The molecule has 1 aromatic heterocycles. The van der Waals surface area contributed by atoms with Crippen molar-refractivity contribution in [3.63, 3.8) is 0 Å². The van der Waals surface area contributed by atoms with Crippen LogP contribution in [0.2, 0.25) is 0 Å². The molecule has 0 bridgehead atoms. The Balaban J connectivity index is 2.44. The molecule has 0 unspecified atom stereocenters. The van der Waals surface area contributed by atoms with Crippen LogP contribution in [-0.2, 0) is 10.9 Å². The monoisotopic (exact) mass is 269 g/mol. The standard InChI is InChI=1S/C9H11ClF3N3O/c10-2-5-17-6-4-15-8-14-3-1-7(16-8)9(11,12)13/h1,3H,2,4-6H2,(H,14,15,16). The van der Waals surface area contributed by atoms with Crippen LogP contribution in [0.15, 0.2) is 12.3 Å². The van der Waals surface area contributed by atoms with E-state index in [1.165, 1.54) is 0 Å². The molecule has 0 radical (unpaired) electrons. The highest BCUT2D eigenvalue weighted by Gasteiger charge is 2.32. The van der Waals surface area contributed by atoms with E-state index in [1.807, 2.05) is 0 Å². The van der Waals surface area contributed by atoms with Gasteiger partial charge >= 0.3 is 6.18 Å². The molecule has 0 aliphatic rings. The third-order valence-corrected chi connectivity index (χ3v) is 1.85. The van der Waals surface area contributed by atoms with E-state index < -0.39 is 11.9 Å². The summed E-state index contributed by atoms with van der Waals surface area (Å²) in [6, 6.07) is 0.815. The van der Waals surface area contributed by atoms with Gasteiger partial charge in [-0.25, -0.2) is 9.97 Å². The number of anilines is 1. The molecule has 0 aliphatic carbocycles. The lowest BCUT2D eigenvalue weighted by Crippen LogP contribution is -2.15. The number of hydrogen-bond acceptors (Lipinski definition) is 4. The maximum atomic E-state index is 12.3. The first kappa shape index (κ1) is 14.0. The van der Waals surface area contributed by atoms with Gasteiger partial charge in [-0.1, -0.05) is 0 Å². The predicted octanol–water partition coefficient (Wildman–Crippen LogP) is 2.16. The minimum absolute atomic E-state index is 0.0747. The molecule has 17 heavy (non-hydrogen) atoms. The summed E-state index contributed by atoms with van der Waals surface area (Å²) in [6.07, 6.45) is -3.41. The second kappa shape index (κ2) is 6.61. The number of aromatic nitrogens is 2. The minimum atomic E-state index is -4.46. The van der Waals surface area contributed by atoms with Crippen molar-refractivity contribution in [2.45, 2.75) is 6.18 Å². The predicted molar refractivity (Wildman–Crippen MR) is 57.1 cm³/mol. The summed E-state index contributed by atoms with van der Waals surface area (Å²) in [4.78, 5) is 7.00. The van der Waals surface area contributed by atoms with E-state index in [4.69, 9.17) is 16.3 Å². The minimum Gasteiger partial charge on any atom is -0.378 e. The van der Waals surface area contributed by atoms with Crippen LogP contribution in [0, 0.1) is 0 Å². The van der Waals surface area contributed by atoms with Crippen molar-refractivity contribution in [3.05, 3.63) is 18.0 Å². The van der Waals surface area contributed by atoms with Crippen molar-refractivity contribution in [3.8, 4) is 0 Å². The van der Waals surface area contributed by atoms with Crippen LogP contribution < -0.4 is 5.32 Å². The quantitative estimate of drug-likeness (QED) is 0.635. The number of alkyl halides is 4. The highest BCUT2D eigenvalue weighted by atomic mass is 35.5. The number of hydrogen-bond donors (Lipinski definition) is 1. The van der Waals surface area contributed by atoms with Gasteiger partial charge in [0.05, 0.1) is 13.2 Å². The summed E-state index contributed by atoms with van der Waals surface area (Å²) < 4.78 is 41.9. The van der Waals surface area contributed by atoms with E-state index in [-0.39, 0.29) is 5.95 Å². The largest absolute Gasteiger partial charge is 0.433 e. The summed E-state index contributed by atoms with van der Waals surface area (Å²) in [5.74, 6) is 0.300. The Morgan fingerprint density at radius 1 is 1.35 bits per heavy atom. The summed E-state index contributed by atoms with van der Waals surface area (Å²) >= 11 is 5.37. The van der Waals surface area contributed by atoms with Crippen LogP contribution in [0.3, 0.4) is 0 Å². The van der Waals surface area contributed by atoms with Crippen molar-refractivity contribution in [1.82, 2.24) is 9.97 Å².